The zero-order chi connectivity index (χ0) is 9.30. The van der Waals surface area contributed by atoms with Crippen LogP contribution in [0.5, 0.6) is 0 Å². The van der Waals surface area contributed by atoms with Crippen molar-refractivity contribution in [3.63, 3.8) is 0 Å². The van der Waals surface area contributed by atoms with Crippen LogP contribution >= 0.6 is 15.9 Å². The van der Waals surface area contributed by atoms with Gasteiger partial charge in [0, 0.05) is 13.1 Å². The fourth-order valence-corrected chi connectivity index (χ4v) is 1.57. The maximum Gasteiger partial charge on any atom is 0.128 e. The third-order valence-electron chi connectivity index (χ3n) is 2.09. The van der Waals surface area contributed by atoms with Gasteiger partial charge in [-0.25, -0.2) is 0 Å². The molecule has 1 rings (SSSR count). The third-order valence-corrected chi connectivity index (χ3v) is 2.48. The fourth-order valence-electron chi connectivity index (χ4n) is 1.10. The fraction of sp³-hybridized carbons (Fsp3) is 0.625. The second kappa shape index (κ2) is 3.58. The number of aromatic nitrogens is 2. The number of halogens is 1. The van der Waals surface area contributed by atoms with Crippen LogP contribution in [-0.4, -0.2) is 28.8 Å². The first-order valence-corrected chi connectivity index (χ1v) is 4.67. The molecule has 0 amide bonds. The highest BCUT2D eigenvalue weighted by Gasteiger charge is 2.12. The minimum absolute atomic E-state index is 0.397. The van der Waals surface area contributed by atoms with Gasteiger partial charge in [-0.15, -0.1) is 0 Å². The summed E-state index contributed by atoms with van der Waals surface area (Å²) in [5, 5.41) is 4.22. The van der Waals surface area contributed by atoms with E-state index in [4.69, 9.17) is 0 Å². The summed E-state index contributed by atoms with van der Waals surface area (Å²) in [5.74, 6) is 0. The number of aryl methyl sites for hydroxylation is 1. The Kier molecular flexibility index (Phi) is 2.90. The second-order valence-electron chi connectivity index (χ2n) is 3.16. The van der Waals surface area contributed by atoms with Gasteiger partial charge in [-0.05, 0) is 43.0 Å². The molecule has 0 aliphatic carbocycles. The van der Waals surface area contributed by atoms with Gasteiger partial charge in [0.15, 0.2) is 0 Å². The van der Waals surface area contributed by atoms with E-state index >= 15 is 0 Å². The zero-order valence-corrected chi connectivity index (χ0v) is 9.46. The Morgan fingerprint density at radius 3 is 2.50 bits per heavy atom. The normalized spacial score (nSPS) is 13.8. The Morgan fingerprint density at radius 2 is 2.17 bits per heavy atom. The standard InChI is InChI=1S/C8H14BrN3/c1-6(11(2)3)7-5-8(9)10-12(7)4/h5-6H,1-4H3. The largest absolute Gasteiger partial charge is 0.301 e. The monoisotopic (exact) mass is 231 g/mol. The maximum absolute atomic E-state index is 4.22. The van der Waals surface area contributed by atoms with Crippen molar-refractivity contribution in [1.82, 2.24) is 14.7 Å². The van der Waals surface area contributed by atoms with Gasteiger partial charge < -0.3 is 4.90 Å². The molecule has 1 aromatic heterocycles. The van der Waals surface area contributed by atoms with Gasteiger partial charge in [0.25, 0.3) is 0 Å². The summed E-state index contributed by atoms with van der Waals surface area (Å²) in [7, 11) is 6.08. The summed E-state index contributed by atoms with van der Waals surface area (Å²) in [6.45, 7) is 2.16. The summed E-state index contributed by atoms with van der Waals surface area (Å²) in [4.78, 5) is 2.16. The van der Waals surface area contributed by atoms with Crippen LogP contribution in [0.4, 0.5) is 0 Å². The molecule has 3 nitrogen and oxygen atoms in total. The molecule has 12 heavy (non-hydrogen) atoms. The van der Waals surface area contributed by atoms with Gasteiger partial charge in [-0.1, -0.05) is 0 Å². The van der Waals surface area contributed by atoms with E-state index in [-0.39, 0.29) is 0 Å². The topological polar surface area (TPSA) is 21.1 Å². The highest BCUT2D eigenvalue weighted by Crippen LogP contribution is 2.19. The molecule has 1 atom stereocenters. The van der Waals surface area contributed by atoms with Gasteiger partial charge in [-0.2, -0.15) is 5.10 Å². The highest BCUT2D eigenvalue weighted by molar-refractivity contribution is 9.10. The maximum atomic E-state index is 4.22. The van der Waals surface area contributed by atoms with Gasteiger partial charge in [0.05, 0.1) is 5.69 Å². The molecule has 0 saturated carbocycles. The highest BCUT2D eigenvalue weighted by atomic mass is 79.9. The van der Waals surface area contributed by atoms with E-state index in [9.17, 15) is 0 Å². The first-order chi connectivity index (χ1) is 5.52. The molecular formula is C8H14BrN3. The van der Waals surface area contributed by atoms with E-state index in [1.54, 1.807) is 0 Å². The van der Waals surface area contributed by atoms with Crippen LogP contribution in [-0.2, 0) is 7.05 Å². The molecule has 68 valence electrons. The summed E-state index contributed by atoms with van der Waals surface area (Å²) < 4.78 is 2.79. The van der Waals surface area contributed by atoms with Crippen LogP contribution in [0.15, 0.2) is 10.7 Å². The molecule has 0 saturated heterocycles. The van der Waals surface area contributed by atoms with Crippen molar-refractivity contribution in [3.8, 4) is 0 Å². The van der Waals surface area contributed by atoms with Crippen LogP contribution in [0.2, 0.25) is 0 Å². The molecule has 0 aromatic carbocycles. The smallest absolute Gasteiger partial charge is 0.128 e. The molecule has 0 spiro atoms. The van der Waals surface area contributed by atoms with Gasteiger partial charge in [0.1, 0.15) is 4.60 Å². The van der Waals surface area contributed by atoms with Crippen LogP contribution < -0.4 is 0 Å². The predicted octanol–water partition coefficient (Wildman–Crippen LogP) is 1.81. The van der Waals surface area contributed by atoms with E-state index in [0.29, 0.717) is 6.04 Å². The van der Waals surface area contributed by atoms with Crippen molar-refractivity contribution in [1.29, 1.82) is 0 Å². The summed E-state index contributed by atoms with van der Waals surface area (Å²) in [5.41, 5.74) is 1.21. The minimum Gasteiger partial charge on any atom is -0.301 e. The van der Waals surface area contributed by atoms with Crippen LogP contribution in [0.3, 0.4) is 0 Å². The lowest BCUT2D eigenvalue weighted by Crippen LogP contribution is -2.19. The van der Waals surface area contributed by atoms with Crippen LogP contribution in [0.1, 0.15) is 18.7 Å². The van der Waals surface area contributed by atoms with Crippen molar-refractivity contribution < 1.29 is 0 Å². The average molecular weight is 232 g/mol. The first-order valence-electron chi connectivity index (χ1n) is 3.88. The molecule has 0 bridgehead atoms. The molecule has 1 unspecified atom stereocenters. The summed E-state index contributed by atoms with van der Waals surface area (Å²) in [6.07, 6.45) is 0. The number of hydrogen-bond donors (Lipinski definition) is 0. The predicted molar refractivity (Wildman–Crippen MR) is 53.0 cm³/mol. The molecule has 1 aromatic rings. The van der Waals surface area contributed by atoms with Gasteiger partial charge in [-0.3, -0.25) is 4.68 Å². The van der Waals surface area contributed by atoms with E-state index in [1.165, 1.54) is 5.69 Å². The number of rotatable bonds is 2. The Bertz CT molecular complexity index is 267. The van der Waals surface area contributed by atoms with E-state index in [2.05, 4.69) is 46.9 Å². The Hall–Kier alpha value is -0.350. The molecule has 4 heteroatoms. The summed E-state index contributed by atoms with van der Waals surface area (Å²) in [6, 6.07) is 2.44. The molecule has 1 heterocycles. The van der Waals surface area contributed by atoms with Crippen molar-refractivity contribution in [2.24, 2.45) is 7.05 Å². The lowest BCUT2D eigenvalue weighted by Gasteiger charge is -2.19. The molecule has 0 N–H and O–H groups in total. The molecule has 0 aliphatic rings. The Morgan fingerprint density at radius 1 is 1.58 bits per heavy atom. The number of hydrogen-bond acceptors (Lipinski definition) is 2. The van der Waals surface area contributed by atoms with E-state index in [1.807, 2.05) is 17.8 Å². The van der Waals surface area contributed by atoms with Crippen molar-refractivity contribution in [2.75, 3.05) is 14.1 Å². The Balaban J connectivity index is 2.94. The Labute approximate surface area is 81.5 Å². The van der Waals surface area contributed by atoms with Gasteiger partial charge >= 0.3 is 0 Å². The van der Waals surface area contributed by atoms with Gasteiger partial charge in [0.2, 0.25) is 0 Å². The zero-order valence-electron chi connectivity index (χ0n) is 7.87. The average Bonchev–Trinajstić information content (AvgIpc) is 2.28. The van der Waals surface area contributed by atoms with Crippen LogP contribution in [0.25, 0.3) is 0 Å². The first kappa shape index (κ1) is 9.74. The van der Waals surface area contributed by atoms with Crippen molar-refractivity contribution in [2.45, 2.75) is 13.0 Å². The summed E-state index contributed by atoms with van der Waals surface area (Å²) >= 11 is 3.35. The van der Waals surface area contributed by atoms with E-state index < -0.39 is 0 Å². The molecule has 0 aliphatic heterocycles. The third kappa shape index (κ3) is 1.87. The SMILES string of the molecule is CC(c1cc(Br)nn1C)N(C)C. The lowest BCUT2D eigenvalue weighted by atomic mass is 10.2. The lowest BCUT2D eigenvalue weighted by molar-refractivity contribution is 0.307. The minimum atomic E-state index is 0.397. The molecule has 0 fully saturated rings. The van der Waals surface area contributed by atoms with Crippen molar-refractivity contribution in [3.05, 3.63) is 16.4 Å². The molecular weight excluding hydrogens is 218 g/mol. The number of nitrogens with zero attached hydrogens (tertiary/aromatic N) is 3. The van der Waals surface area contributed by atoms with Crippen LogP contribution in [0, 0.1) is 0 Å². The second-order valence-corrected chi connectivity index (χ2v) is 3.97. The molecule has 0 radical (unpaired) electrons. The quantitative estimate of drug-likeness (QED) is 0.775. The van der Waals surface area contributed by atoms with Crippen molar-refractivity contribution >= 4 is 15.9 Å². The van der Waals surface area contributed by atoms with E-state index in [0.717, 1.165) is 4.60 Å².